The van der Waals surface area contributed by atoms with Gasteiger partial charge in [0.05, 0.1) is 21.6 Å². The zero-order chi connectivity index (χ0) is 20.0. The second-order valence-corrected chi connectivity index (χ2v) is 8.04. The molecule has 0 aliphatic heterocycles. The van der Waals surface area contributed by atoms with Crippen LogP contribution in [0, 0.1) is 6.92 Å². The van der Waals surface area contributed by atoms with Crippen molar-refractivity contribution in [2.75, 3.05) is 0 Å². The van der Waals surface area contributed by atoms with Crippen molar-refractivity contribution < 1.29 is 4.42 Å². The summed E-state index contributed by atoms with van der Waals surface area (Å²) in [4.78, 5) is 21.6. The van der Waals surface area contributed by atoms with E-state index in [1.54, 1.807) is 29.1 Å². The SMILES string of the molecule is Cc1cc(Br)c2nc(-c3cc(C(C)C)nn3-c3ncccc3Cl)oc(=O)c2c1. The van der Waals surface area contributed by atoms with E-state index in [0.717, 1.165) is 15.7 Å². The lowest BCUT2D eigenvalue weighted by Gasteiger charge is -2.08. The highest BCUT2D eigenvalue weighted by molar-refractivity contribution is 9.10. The van der Waals surface area contributed by atoms with Crippen LogP contribution in [0.1, 0.15) is 31.0 Å². The van der Waals surface area contributed by atoms with Gasteiger partial charge in [-0.2, -0.15) is 5.10 Å². The van der Waals surface area contributed by atoms with Crippen molar-refractivity contribution in [3.63, 3.8) is 0 Å². The number of aromatic nitrogens is 4. The molecule has 142 valence electrons. The van der Waals surface area contributed by atoms with Crippen molar-refractivity contribution in [1.29, 1.82) is 0 Å². The lowest BCUT2D eigenvalue weighted by molar-refractivity contribution is 0.513. The van der Waals surface area contributed by atoms with Gasteiger partial charge in [0, 0.05) is 10.7 Å². The number of pyridine rings is 1. The molecule has 0 saturated heterocycles. The Kier molecular flexibility index (Phi) is 4.81. The van der Waals surface area contributed by atoms with Crippen molar-refractivity contribution >= 4 is 38.4 Å². The average molecular weight is 460 g/mol. The summed E-state index contributed by atoms with van der Waals surface area (Å²) in [5.41, 5.74) is 2.33. The summed E-state index contributed by atoms with van der Waals surface area (Å²) in [7, 11) is 0. The minimum Gasteiger partial charge on any atom is -0.401 e. The molecule has 0 atom stereocenters. The Morgan fingerprint density at radius 2 is 2.04 bits per heavy atom. The van der Waals surface area contributed by atoms with E-state index in [1.165, 1.54) is 0 Å². The summed E-state index contributed by atoms with van der Waals surface area (Å²) >= 11 is 9.83. The van der Waals surface area contributed by atoms with Crippen LogP contribution in [-0.2, 0) is 0 Å². The van der Waals surface area contributed by atoms with E-state index >= 15 is 0 Å². The molecule has 28 heavy (non-hydrogen) atoms. The van der Waals surface area contributed by atoms with Crippen LogP contribution in [0.25, 0.3) is 28.3 Å². The maximum absolute atomic E-state index is 12.6. The summed E-state index contributed by atoms with van der Waals surface area (Å²) in [6, 6.07) is 8.98. The van der Waals surface area contributed by atoms with E-state index in [4.69, 9.17) is 16.0 Å². The van der Waals surface area contributed by atoms with E-state index in [0.29, 0.717) is 27.4 Å². The summed E-state index contributed by atoms with van der Waals surface area (Å²) in [5, 5.41) is 5.47. The Hall–Kier alpha value is -2.51. The van der Waals surface area contributed by atoms with Crippen molar-refractivity contribution in [2.45, 2.75) is 26.7 Å². The molecule has 0 fully saturated rings. The number of hydrogen-bond acceptors (Lipinski definition) is 5. The van der Waals surface area contributed by atoms with Gasteiger partial charge < -0.3 is 4.42 Å². The third-order valence-electron chi connectivity index (χ3n) is 4.31. The molecule has 4 aromatic rings. The number of fused-ring (bicyclic) bond motifs is 1. The van der Waals surface area contributed by atoms with Gasteiger partial charge in [-0.05, 0) is 64.7 Å². The molecule has 6 nitrogen and oxygen atoms in total. The van der Waals surface area contributed by atoms with Crippen molar-refractivity contribution in [3.8, 4) is 17.4 Å². The zero-order valence-electron chi connectivity index (χ0n) is 15.4. The van der Waals surface area contributed by atoms with Gasteiger partial charge >= 0.3 is 5.63 Å². The molecule has 8 heteroatoms. The molecule has 0 aliphatic rings. The number of rotatable bonds is 3. The van der Waals surface area contributed by atoms with Gasteiger partial charge in [0.1, 0.15) is 5.69 Å². The van der Waals surface area contributed by atoms with Crippen molar-refractivity contribution in [1.82, 2.24) is 19.7 Å². The lowest BCUT2D eigenvalue weighted by Crippen LogP contribution is -2.08. The number of benzene rings is 1. The molecule has 0 unspecified atom stereocenters. The van der Waals surface area contributed by atoms with Crippen molar-refractivity contribution in [3.05, 3.63) is 67.7 Å². The van der Waals surface area contributed by atoms with Crippen LogP contribution >= 0.6 is 27.5 Å². The highest BCUT2D eigenvalue weighted by Gasteiger charge is 2.21. The Balaban J connectivity index is 2.02. The first-order valence-electron chi connectivity index (χ1n) is 8.67. The zero-order valence-corrected chi connectivity index (χ0v) is 17.7. The minimum absolute atomic E-state index is 0.156. The highest BCUT2D eigenvalue weighted by atomic mass is 79.9. The van der Waals surface area contributed by atoms with Gasteiger partial charge in [0.15, 0.2) is 5.82 Å². The van der Waals surface area contributed by atoms with Crippen LogP contribution in [0.15, 0.2) is 50.2 Å². The summed E-state index contributed by atoms with van der Waals surface area (Å²) < 4.78 is 7.85. The van der Waals surface area contributed by atoms with E-state index in [1.807, 2.05) is 32.9 Å². The molecular formula is C20H16BrClN4O2. The van der Waals surface area contributed by atoms with Gasteiger partial charge in [0.2, 0.25) is 5.89 Å². The van der Waals surface area contributed by atoms with E-state index in [-0.39, 0.29) is 11.8 Å². The molecule has 0 amide bonds. The first-order valence-corrected chi connectivity index (χ1v) is 9.84. The van der Waals surface area contributed by atoms with Crippen LogP contribution < -0.4 is 5.63 Å². The third kappa shape index (κ3) is 3.25. The topological polar surface area (TPSA) is 73.8 Å². The Morgan fingerprint density at radius 3 is 2.75 bits per heavy atom. The van der Waals surface area contributed by atoms with Gasteiger partial charge in [-0.15, -0.1) is 0 Å². The predicted molar refractivity (Wildman–Crippen MR) is 112 cm³/mol. The molecule has 3 heterocycles. The van der Waals surface area contributed by atoms with Crippen LogP contribution in [0.3, 0.4) is 0 Å². The monoisotopic (exact) mass is 458 g/mol. The molecule has 0 spiro atoms. The van der Waals surface area contributed by atoms with Crippen LogP contribution in [0.2, 0.25) is 5.02 Å². The first-order chi connectivity index (χ1) is 13.3. The maximum atomic E-state index is 12.6. The van der Waals surface area contributed by atoms with Gasteiger partial charge in [-0.25, -0.2) is 19.4 Å². The lowest BCUT2D eigenvalue weighted by atomic mass is 10.1. The van der Waals surface area contributed by atoms with E-state index in [9.17, 15) is 4.79 Å². The fraction of sp³-hybridized carbons (Fsp3) is 0.200. The predicted octanol–water partition coefficient (Wildman–Crippen LogP) is 5.28. The fourth-order valence-corrected chi connectivity index (χ4v) is 3.77. The maximum Gasteiger partial charge on any atom is 0.347 e. The molecule has 0 radical (unpaired) electrons. The number of aryl methyl sites for hydroxylation is 1. The van der Waals surface area contributed by atoms with Crippen LogP contribution in [0.5, 0.6) is 0 Å². The van der Waals surface area contributed by atoms with E-state index < -0.39 is 5.63 Å². The van der Waals surface area contributed by atoms with Crippen molar-refractivity contribution in [2.24, 2.45) is 0 Å². The minimum atomic E-state index is -0.463. The van der Waals surface area contributed by atoms with Gasteiger partial charge in [-0.1, -0.05) is 25.4 Å². The second-order valence-electron chi connectivity index (χ2n) is 6.78. The van der Waals surface area contributed by atoms with Gasteiger partial charge in [0.25, 0.3) is 0 Å². The highest BCUT2D eigenvalue weighted by Crippen LogP contribution is 2.30. The molecule has 0 saturated carbocycles. The summed E-state index contributed by atoms with van der Waals surface area (Å²) in [6.07, 6.45) is 1.63. The fourth-order valence-electron chi connectivity index (χ4n) is 2.91. The molecule has 0 aliphatic carbocycles. The van der Waals surface area contributed by atoms with Crippen LogP contribution in [-0.4, -0.2) is 19.7 Å². The molecule has 3 aromatic heterocycles. The summed E-state index contributed by atoms with van der Waals surface area (Å²) in [5.74, 6) is 0.755. The Labute approximate surface area is 174 Å². The largest absolute Gasteiger partial charge is 0.401 e. The van der Waals surface area contributed by atoms with E-state index in [2.05, 4.69) is 31.0 Å². The third-order valence-corrected chi connectivity index (χ3v) is 5.21. The van der Waals surface area contributed by atoms with Crippen LogP contribution in [0.4, 0.5) is 0 Å². The summed E-state index contributed by atoms with van der Waals surface area (Å²) in [6.45, 7) is 5.96. The average Bonchev–Trinajstić information content (AvgIpc) is 3.08. The number of halogens is 2. The first kappa shape index (κ1) is 18.8. The Bertz CT molecular complexity index is 1260. The normalized spacial score (nSPS) is 11.5. The van der Waals surface area contributed by atoms with Gasteiger partial charge in [-0.3, -0.25) is 0 Å². The number of nitrogens with zero attached hydrogens (tertiary/aromatic N) is 4. The molecule has 0 N–H and O–H groups in total. The molecular weight excluding hydrogens is 444 g/mol. The smallest absolute Gasteiger partial charge is 0.347 e. The standard InChI is InChI=1S/C20H16BrClN4O2/c1-10(2)15-9-16(26(25-15)18-14(22)5-4-6-23-18)19-24-17-12(20(27)28-19)7-11(3)8-13(17)21/h4-10H,1-3H3. The molecule has 1 aromatic carbocycles. The second kappa shape index (κ2) is 7.14. The quantitative estimate of drug-likeness (QED) is 0.416. The molecule has 0 bridgehead atoms. The number of hydrogen-bond donors (Lipinski definition) is 0. The Morgan fingerprint density at radius 1 is 1.25 bits per heavy atom. The molecule has 4 rings (SSSR count).